The van der Waals surface area contributed by atoms with E-state index in [0.29, 0.717) is 6.54 Å². The van der Waals surface area contributed by atoms with Crippen molar-refractivity contribution in [3.63, 3.8) is 0 Å². The van der Waals surface area contributed by atoms with Crippen molar-refractivity contribution in [3.8, 4) is 22.1 Å². The van der Waals surface area contributed by atoms with Gasteiger partial charge in [0.1, 0.15) is 16.5 Å². The minimum absolute atomic E-state index is 0.469. The molecule has 0 aliphatic heterocycles. The van der Waals surface area contributed by atoms with Gasteiger partial charge in [0, 0.05) is 17.5 Å². The molecule has 100 valence electrons. The number of rotatable bonds is 4. The number of hydrogen-bond acceptors (Lipinski definition) is 4. The summed E-state index contributed by atoms with van der Waals surface area (Å²) in [5.41, 5.74) is 7.55. The van der Waals surface area contributed by atoms with E-state index in [1.165, 1.54) is 0 Å². The highest BCUT2D eigenvalue weighted by Gasteiger charge is 2.05. The fourth-order valence-corrected chi connectivity index (χ4v) is 2.68. The average Bonchev–Trinajstić information content (AvgIpc) is 2.98. The lowest BCUT2D eigenvalue weighted by atomic mass is 10.2. The van der Waals surface area contributed by atoms with Crippen LogP contribution in [0.4, 0.5) is 0 Å². The van der Waals surface area contributed by atoms with Crippen molar-refractivity contribution in [2.45, 2.75) is 6.54 Å². The fourth-order valence-electron chi connectivity index (χ4n) is 1.85. The highest BCUT2D eigenvalue weighted by molar-refractivity contribution is 7.13. The molecule has 3 nitrogen and oxygen atoms in total. The second-order valence-corrected chi connectivity index (χ2v) is 5.15. The number of nitrogens with zero attached hydrogens (tertiary/aromatic N) is 1. The van der Waals surface area contributed by atoms with Crippen LogP contribution in [0.15, 0.2) is 60.0 Å². The van der Waals surface area contributed by atoms with E-state index in [2.05, 4.69) is 4.98 Å². The molecular formula is C16H14N2OS. The summed E-state index contributed by atoms with van der Waals surface area (Å²) in [5.74, 6) is 1.63. The first-order chi connectivity index (χ1) is 9.85. The van der Waals surface area contributed by atoms with E-state index in [0.717, 1.165) is 27.8 Å². The monoisotopic (exact) mass is 282 g/mol. The number of hydrogen-bond donors (Lipinski definition) is 1. The summed E-state index contributed by atoms with van der Waals surface area (Å²) in [4.78, 5) is 4.49. The predicted molar refractivity (Wildman–Crippen MR) is 82.0 cm³/mol. The van der Waals surface area contributed by atoms with Crippen molar-refractivity contribution in [1.29, 1.82) is 0 Å². The minimum atomic E-state index is 0.469. The molecule has 4 heteroatoms. The van der Waals surface area contributed by atoms with Gasteiger partial charge >= 0.3 is 0 Å². The molecule has 0 saturated heterocycles. The molecule has 0 aliphatic carbocycles. The Morgan fingerprint density at radius 1 is 1.00 bits per heavy atom. The van der Waals surface area contributed by atoms with E-state index in [4.69, 9.17) is 10.5 Å². The lowest BCUT2D eigenvalue weighted by molar-refractivity contribution is 0.483. The molecule has 0 fully saturated rings. The van der Waals surface area contributed by atoms with Crippen LogP contribution in [-0.2, 0) is 6.54 Å². The summed E-state index contributed by atoms with van der Waals surface area (Å²) in [6, 6.07) is 17.7. The van der Waals surface area contributed by atoms with Gasteiger partial charge in [-0.2, -0.15) is 0 Å². The van der Waals surface area contributed by atoms with Crippen LogP contribution in [-0.4, -0.2) is 4.98 Å². The summed E-state index contributed by atoms with van der Waals surface area (Å²) in [6.45, 7) is 0.469. The number of ether oxygens (including phenoxy) is 1. The molecule has 3 aromatic rings. The molecule has 2 N–H and O–H groups in total. The third kappa shape index (κ3) is 2.87. The molecule has 0 unspecified atom stereocenters. The topological polar surface area (TPSA) is 48.1 Å². The Balaban J connectivity index is 1.86. The highest BCUT2D eigenvalue weighted by Crippen LogP contribution is 2.29. The Bertz CT molecular complexity index is 694. The first-order valence-electron chi connectivity index (χ1n) is 6.33. The van der Waals surface area contributed by atoms with Gasteiger partial charge in [0.15, 0.2) is 0 Å². The largest absolute Gasteiger partial charge is 0.457 e. The Labute approximate surface area is 121 Å². The predicted octanol–water partition coefficient (Wildman–Crippen LogP) is 4.06. The van der Waals surface area contributed by atoms with E-state index in [1.807, 2.05) is 60.0 Å². The fraction of sp³-hybridized carbons (Fsp3) is 0.0625. The van der Waals surface area contributed by atoms with E-state index in [1.54, 1.807) is 11.3 Å². The SMILES string of the molecule is NCc1csc(-c2cccc(Oc3ccccc3)c2)n1. The summed E-state index contributed by atoms with van der Waals surface area (Å²) < 4.78 is 5.83. The zero-order chi connectivity index (χ0) is 13.8. The Hall–Kier alpha value is -2.17. The van der Waals surface area contributed by atoms with E-state index < -0.39 is 0 Å². The molecule has 0 atom stereocenters. The van der Waals surface area contributed by atoms with Crippen LogP contribution in [0, 0.1) is 0 Å². The Kier molecular flexibility index (Phi) is 3.76. The summed E-state index contributed by atoms with van der Waals surface area (Å²) in [7, 11) is 0. The number of aromatic nitrogens is 1. The van der Waals surface area contributed by atoms with Crippen molar-refractivity contribution >= 4 is 11.3 Å². The van der Waals surface area contributed by atoms with Gasteiger partial charge in [-0.25, -0.2) is 4.98 Å². The van der Waals surface area contributed by atoms with Gasteiger partial charge in [-0.1, -0.05) is 30.3 Å². The van der Waals surface area contributed by atoms with Gasteiger partial charge in [0.2, 0.25) is 0 Å². The zero-order valence-electron chi connectivity index (χ0n) is 10.8. The van der Waals surface area contributed by atoms with Crippen LogP contribution in [0.3, 0.4) is 0 Å². The molecule has 2 aromatic carbocycles. The Morgan fingerprint density at radius 3 is 2.55 bits per heavy atom. The summed E-state index contributed by atoms with van der Waals surface area (Å²) in [6.07, 6.45) is 0. The van der Waals surface area contributed by atoms with Gasteiger partial charge in [-0.15, -0.1) is 11.3 Å². The van der Waals surface area contributed by atoms with Gasteiger partial charge in [0.05, 0.1) is 5.69 Å². The lowest BCUT2D eigenvalue weighted by Crippen LogP contribution is -1.95. The van der Waals surface area contributed by atoms with Gasteiger partial charge in [-0.3, -0.25) is 0 Å². The molecule has 0 radical (unpaired) electrons. The maximum Gasteiger partial charge on any atom is 0.128 e. The molecule has 0 amide bonds. The van der Waals surface area contributed by atoms with Gasteiger partial charge in [-0.05, 0) is 24.3 Å². The van der Waals surface area contributed by atoms with E-state index >= 15 is 0 Å². The molecule has 1 aromatic heterocycles. The van der Waals surface area contributed by atoms with Gasteiger partial charge < -0.3 is 10.5 Å². The maximum absolute atomic E-state index is 5.83. The molecule has 0 aliphatic rings. The molecule has 0 saturated carbocycles. The van der Waals surface area contributed by atoms with Crippen LogP contribution in [0.2, 0.25) is 0 Å². The lowest BCUT2D eigenvalue weighted by Gasteiger charge is -2.06. The highest BCUT2D eigenvalue weighted by atomic mass is 32.1. The first-order valence-corrected chi connectivity index (χ1v) is 7.21. The number of thiazole rings is 1. The first kappa shape index (κ1) is 12.8. The standard InChI is InChI=1S/C16H14N2OS/c17-10-13-11-20-16(18-13)12-5-4-8-15(9-12)19-14-6-2-1-3-7-14/h1-9,11H,10,17H2. The smallest absolute Gasteiger partial charge is 0.128 e. The van der Waals surface area contributed by atoms with Gasteiger partial charge in [0.25, 0.3) is 0 Å². The normalized spacial score (nSPS) is 10.4. The van der Waals surface area contributed by atoms with Crippen LogP contribution in [0.5, 0.6) is 11.5 Å². The molecule has 3 rings (SSSR count). The second kappa shape index (κ2) is 5.86. The Morgan fingerprint density at radius 2 is 1.80 bits per heavy atom. The minimum Gasteiger partial charge on any atom is -0.457 e. The summed E-state index contributed by atoms with van der Waals surface area (Å²) >= 11 is 1.60. The van der Waals surface area contributed by atoms with Crippen molar-refractivity contribution in [2.24, 2.45) is 5.73 Å². The second-order valence-electron chi connectivity index (χ2n) is 4.29. The van der Waals surface area contributed by atoms with Crippen LogP contribution in [0.1, 0.15) is 5.69 Å². The van der Waals surface area contributed by atoms with Crippen molar-refractivity contribution in [1.82, 2.24) is 4.98 Å². The number of para-hydroxylation sites is 1. The molecule has 20 heavy (non-hydrogen) atoms. The molecule has 0 bridgehead atoms. The molecule has 0 spiro atoms. The van der Waals surface area contributed by atoms with Crippen molar-refractivity contribution < 1.29 is 4.74 Å². The van der Waals surface area contributed by atoms with Crippen LogP contribution < -0.4 is 10.5 Å². The number of benzene rings is 2. The maximum atomic E-state index is 5.83. The third-order valence-electron chi connectivity index (χ3n) is 2.82. The van der Waals surface area contributed by atoms with E-state index in [-0.39, 0.29) is 0 Å². The summed E-state index contributed by atoms with van der Waals surface area (Å²) in [5, 5.41) is 2.95. The average molecular weight is 282 g/mol. The molecule has 1 heterocycles. The van der Waals surface area contributed by atoms with Crippen molar-refractivity contribution in [2.75, 3.05) is 0 Å². The van der Waals surface area contributed by atoms with Crippen LogP contribution in [0.25, 0.3) is 10.6 Å². The quantitative estimate of drug-likeness (QED) is 0.785. The van der Waals surface area contributed by atoms with E-state index in [9.17, 15) is 0 Å². The van der Waals surface area contributed by atoms with Crippen LogP contribution >= 0.6 is 11.3 Å². The zero-order valence-corrected chi connectivity index (χ0v) is 11.6. The van der Waals surface area contributed by atoms with Crippen molar-refractivity contribution in [3.05, 3.63) is 65.7 Å². The third-order valence-corrected chi connectivity index (χ3v) is 3.76. The number of nitrogens with two attached hydrogens (primary N) is 1. The molecular weight excluding hydrogens is 268 g/mol.